The van der Waals surface area contributed by atoms with Crippen LogP contribution < -0.4 is 0 Å². The van der Waals surface area contributed by atoms with E-state index in [1.165, 1.54) is 0 Å². The van der Waals surface area contributed by atoms with Gasteiger partial charge in [0, 0.05) is 31.5 Å². The summed E-state index contributed by atoms with van der Waals surface area (Å²) in [5.41, 5.74) is 1.34. The van der Waals surface area contributed by atoms with E-state index in [-0.39, 0.29) is 11.6 Å². The van der Waals surface area contributed by atoms with Crippen molar-refractivity contribution in [1.82, 2.24) is 0 Å². The van der Waals surface area contributed by atoms with Crippen LogP contribution in [-0.4, -0.2) is 22.6 Å². The molecule has 0 radical (unpaired) electrons. The zero-order valence-corrected chi connectivity index (χ0v) is 21.9. The van der Waals surface area contributed by atoms with E-state index in [0.29, 0.717) is 5.56 Å². The second kappa shape index (κ2) is 11.7. The largest absolute Gasteiger partial charge is 0.478 e. The van der Waals surface area contributed by atoms with Crippen molar-refractivity contribution in [3.05, 3.63) is 74.0 Å². The van der Waals surface area contributed by atoms with Gasteiger partial charge in [-0.15, -0.1) is 0 Å². The van der Waals surface area contributed by atoms with Crippen LogP contribution in [0.5, 0.6) is 0 Å². The van der Waals surface area contributed by atoms with Gasteiger partial charge in [0.25, 0.3) is 0 Å². The Labute approximate surface area is 205 Å². The third kappa shape index (κ3) is 8.29. The van der Waals surface area contributed by atoms with Crippen molar-refractivity contribution in [3.63, 3.8) is 0 Å². The number of benzene rings is 2. The summed E-state index contributed by atoms with van der Waals surface area (Å²) in [7, 11) is 0. The molecule has 0 saturated heterocycles. The van der Waals surface area contributed by atoms with Crippen LogP contribution in [0.2, 0.25) is 0 Å². The van der Waals surface area contributed by atoms with Crippen LogP contribution in [0, 0.1) is 14.3 Å². The highest BCUT2D eigenvalue weighted by Gasteiger charge is 2.07. The fourth-order valence-electron chi connectivity index (χ4n) is 1.69. The first-order valence-corrected chi connectivity index (χ1v) is 11.3. The van der Waals surface area contributed by atoms with Crippen LogP contribution in [0.15, 0.2) is 48.6 Å². The quantitative estimate of drug-likeness (QED) is 0.241. The van der Waals surface area contributed by atoms with Crippen molar-refractivity contribution < 1.29 is 19.5 Å². The molecule has 8 heteroatoms. The highest BCUT2D eigenvalue weighted by molar-refractivity contribution is 14.1. The van der Waals surface area contributed by atoms with Gasteiger partial charge < -0.3 is 5.11 Å². The number of carbonyl (C=O) groups is 3. The van der Waals surface area contributed by atoms with E-state index < -0.39 is 5.97 Å². The van der Waals surface area contributed by atoms with E-state index in [1.54, 1.807) is 13.0 Å². The predicted molar refractivity (Wildman–Crippen MR) is 135 cm³/mol. The molecule has 2 rings (SSSR count). The lowest BCUT2D eigenvalue weighted by molar-refractivity contribution is -0.131. The number of carbonyl (C=O) groups excluding carboxylic acids is 2. The summed E-state index contributed by atoms with van der Waals surface area (Å²) in [5.74, 6) is -1.28. The number of ketones is 2. The second-order valence-corrected chi connectivity index (χ2v) is 9.66. The van der Waals surface area contributed by atoms with Crippen molar-refractivity contribution in [2.75, 3.05) is 0 Å². The maximum absolute atomic E-state index is 11.6. The van der Waals surface area contributed by atoms with Crippen molar-refractivity contribution >= 4 is 108 Å². The van der Waals surface area contributed by atoms with Crippen LogP contribution in [-0.2, 0) is 4.79 Å². The Bertz CT molecular complexity index is 875. The van der Waals surface area contributed by atoms with E-state index in [0.717, 1.165) is 32.0 Å². The molecule has 0 aliphatic rings. The van der Waals surface area contributed by atoms with E-state index in [4.69, 9.17) is 5.11 Å². The number of Topliss-reactive ketones (excluding diaryl/α,β-unsaturated/α-hetero) is 1. The van der Waals surface area contributed by atoms with E-state index in [2.05, 4.69) is 67.8 Å². The molecule has 2 aromatic rings. The summed E-state index contributed by atoms with van der Waals surface area (Å²) in [5, 5.41) is 8.39. The van der Waals surface area contributed by atoms with Gasteiger partial charge in [-0.3, -0.25) is 9.59 Å². The number of hydrogen-bond donors (Lipinski definition) is 1. The van der Waals surface area contributed by atoms with Crippen molar-refractivity contribution in [2.45, 2.75) is 6.92 Å². The summed E-state index contributed by atoms with van der Waals surface area (Å²) in [6.45, 7) is 1.59. The number of aliphatic carboxylic acids is 1. The third-order valence-electron chi connectivity index (χ3n) is 2.88. The van der Waals surface area contributed by atoms with Crippen molar-refractivity contribution in [2.24, 2.45) is 0 Å². The predicted octanol–water partition coefficient (Wildman–Crippen LogP) is 5.82. The Morgan fingerprint density at radius 3 is 1.69 bits per heavy atom. The molecule has 0 spiro atoms. The average molecular weight is 800 g/mol. The fourth-order valence-corrected chi connectivity index (χ4v) is 3.99. The van der Waals surface area contributed by atoms with Gasteiger partial charge >= 0.3 is 5.97 Å². The molecule has 0 saturated carbocycles. The van der Waals surface area contributed by atoms with Crippen molar-refractivity contribution in [3.8, 4) is 0 Å². The van der Waals surface area contributed by atoms with Gasteiger partial charge in [0.2, 0.25) is 0 Å². The van der Waals surface area contributed by atoms with Gasteiger partial charge in [0.05, 0.1) is 0 Å². The van der Waals surface area contributed by atoms with Gasteiger partial charge in [-0.2, -0.15) is 0 Å². The molecule has 0 aliphatic heterocycles. The van der Waals surface area contributed by atoms with Gasteiger partial charge in [0.15, 0.2) is 11.6 Å². The molecule has 136 valence electrons. The summed E-state index contributed by atoms with van der Waals surface area (Å²) in [6, 6.07) is 11.3. The van der Waals surface area contributed by atoms with Crippen LogP contribution >= 0.6 is 90.4 Å². The SMILES string of the molecule is CC(=O)c1cc(I)ccc1I.O=C(O)/C=C/C(=O)c1cc(I)ccc1I. The lowest BCUT2D eigenvalue weighted by Gasteiger charge is -2.00. The number of carboxylic acid groups (broad SMARTS) is 1. The highest BCUT2D eigenvalue weighted by atomic mass is 127. The second-order valence-electron chi connectivity index (χ2n) is 4.84. The number of allylic oxidation sites excluding steroid dienone is 1. The Hall–Kier alpha value is -0.0900. The van der Waals surface area contributed by atoms with Crippen LogP contribution in [0.1, 0.15) is 27.6 Å². The summed E-state index contributed by atoms with van der Waals surface area (Å²) in [4.78, 5) is 32.8. The molecule has 0 aliphatic carbocycles. The first kappa shape index (κ1) is 23.9. The lowest BCUT2D eigenvalue weighted by Crippen LogP contribution is -2.00. The minimum atomic E-state index is -1.12. The normalized spacial score (nSPS) is 10.2. The molecule has 26 heavy (non-hydrogen) atoms. The van der Waals surface area contributed by atoms with Crippen LogP contribution in [0.25, 0.3) is 0 Å². The minimum absolute atomic E-state index is 0.132. The van der Waals surface area contributed by atoms with Gasteiger partial charge in [-0.25, -0.2) is 4.79 Å². The summed E-state index contributed by atoms with van der Waals surface area (Å²) < 4.78 is 3.89. The fraction of sp³-hybridized carbons (Fsp3) is 0.0556. The summed E-state index contributed by atoms with van der Waals surface area (Å²) in [6.07, 6.45) is 1.91. The molecule has 0 aromatic heterocycles. The molecular formula is C18H12I4O4. The molecular weight excluding hydrogens is 788 g/mol. The molecule has 0 bridgehead atoms. The van der Waals surface area contributed by atoms with E-state index >= 15 is 0 Å². The number of carboxylic acids is 1. The van der Waals surface area contributed by atoms with E-state index in [9.17, 15) is 14.4 Å². The highest BCUT2D eigenvalue weighted by Crippen LogP contribution is 2.17. The molecule has 0 heterocycles. The van der Waals surface area contributed by atoms with Crippen molar-refractivity contribution in [1.29, 1.82) is 0 Å². The number of halogens is 4. The first-order chi connectivity index (χ1) is 12.1. The smallest absolute Gasteiger partial charge is 0.328 e. The molecule has 0 unspecified atom stereocenters. The average Bonchev–Trinajstić information content (AvgIpc) is 2.57. The Morgan fingerprint density at radius 2 is 1.27 bits per heavy atom. The molecule has 2 aromatic carbocycles. The maximum atomic E-state index is 11.6. The Morgan fingerprint density at radius 1 is 0.808 bits per heavy atom. The summed E-state index contributed by atoms with van der Waals surface area (Å²) >= 11 is 8.51. The molecule has 1 N–H and O–H groups in total. The maximum Gasteiger partial charge on any atom is 0.328 e. The monoisotopic (exact) mass is 800 g/mol. The standard InChI is InChI=1S/C10H6I2O3.C8H6I2O/c11-6-1-2-8(12)7(5-6)9(13)3-4-10(14)15;1-5(11)7-4-6(9)2-3-8(7)10/h1-5H,(H,14,15);2-4H,1H3/b4-3+;. The van der Waals surface area contributed by atoms with Gasteiger partial charge in [-0.05, 0) is 140 Å². The van der Waals surface area contributed by atoms with Crippen LogP contribution in [0.3, 0.4) is 0 Å². The number of rotatable bonds is 4. The van der Waals surface area contributed by atoms with Crippen LogP contribution in [0.4, 0.5) is 0 Å². The topological polar surface area (TPSA) is 71.4 Å². The van der Waals surface area contributed by atoms with Gasteiger partial charge in [-0.1, -0.05) is 0 Å². The number of hydrogen-bond acceptors (Lipinski definition) is 3. The van der Waals surface area contributed by atoms with Gasteiger partial charge in [0.1, 0.15) is 0 Å². The molecule has 0 atom stereocenters. The zero-order valence-electron chi connectivity index (χ0n) is 13.3. The molecule has 4 nitrogen and oxygen atoms in total. The zero-order chi connectivity index (χ0) is 19.9. The van der Waals surface area contributed by atoms with E-state index in [1.807, 2.05) is 52.9 Å². The Kier molecular flexibility index (Phi) is 10.8. The third-order valence-corrected chi connectivity index (χ3v) is 6.10. The molecule has 0 amide bonds. The first-order valence-electron chi connectivity index (χ1n) is 6.98. The minimum Gasteiger partial charge on any atom is -0.478 e. The molecule has 0 fully saturated rings. The Balaban J connectivity index is 0.000000273. The lowest BCUT2D eigenvalue weighted by atomic mass is 10.1.